The number of hydrogen-bond acceptors (Lipinski definition) is 2. The predicted molar refractivity (Wildman–Crippen MR) is 60.4 cm³/mol. The number of amides is 1. The second-order valence-electron chi connectivity index (χ2n) is 5.21. The Morgan fingerprint density at radius 3 is 2.47 bits per heavy atom. The number of rotatable bonds is 1. The van der Waals surface area contributed by atoms with Crippen LogP contribution in [0.3, 0.4) is 0 Å². The Hall–Kier alpha value is -0.570. The molecule has 1 aliphatic heterocycles. The molecule has 1 aliphatic carbocycles. The molecule has 1 saturated heterocycles. The topological polar surface area (TPSA) is 46.3 Å². The van der Waals surface area contributed by atoms with Crippen molar-refractivity contribution in [3.8, 4) is 0 Å². The Morgan fingerprint density at radius 1 is 1.27 bits per heavy atom. The van der Waals surface area contributed by atoms with Gasteiger partial charge in [-0.2, -0.15) is 0 Å². The number of nitrogens with two attached hydrogens (primary N) is 1. The van der Waals surface area contributed by atoms with Crippen LogP contribution in [0.25, 0.3) is 0 Å². The van der Waals surface area contributed by atoms with E-state index in [1.807, 2.05) is 4.90 Å². The van der Waals surface area contributed by atoms with E-state index in [9.17, 15) is 4.79 Å². The van der Waals surface area contributed by atoms with Gasteiger partial charge in [-0.15, -0.1) is 0 Å². The summed E-state index contributed by atoms with van der Waals surface area (Å²) in [6.07, 6.45) is 7.52. The molecule has 2 rings (SSSR count). The van der Waals surface area contributed by atoms with Crippen molar-refractivity contribution in [2.45, 2.75) is 63.5 Å². The van der Waals surface area contributed by atoms with E-state index in [1.165, 1.54) is 6.42 Å². The van der Waals surface area contributed by atoms with Gasteiger partial charge in [0.05, 0.1) is 5.54 Å². The van der Waals surface area contributed by atoms with E-state index in [-0.39, 0.29) is 5.91 Å². The molecule has 2 N–H and O–H groups in total. The molecule has 86 valence electrons. The highest BCUT2D eigenvalue weighted by Gasteiger charge is 2.40. The molecule has 15 heavy (non-hydrogen) atoms. The highest BCUT2D eigenvalue weighted by molar-refractivity contribution is 5.86. The van der Waals surface area contributed by atoms with Crippen LogP contribution in [0.4, 0.5) is 0 Å². The summed E-state index contributed by atoms with van der Waals surface area (Å²) in [4.78, 5) is 14.3. The third-order valence-corrected chi connectivity index (χ3v) is 3.99. The Labute approximate surface area is 92.0 Å². The monoisotopic (exact) mass is 210 g/mol. The van der Waals surface area contributed by atoms with Crippen molar-refractivity contribution in [2.24, 2.45) is 5.73 Å². The van der Waals surface area contributed by atoms with E-state index >= 15 is 0 Å². The van der Waals surface area contributed by atoms with Gasteiger partial charge in [0.15, 0.2) is 0 Å². The number of hydrogen-bond donors (Lipinski definition) is 1. The Bertz CT molecular complexity index is 246. The Morgan fingerprint density at radius 2 is 1.93 bits per heavy atom. The second-order valence-corrected chi connectivity index (χ2v) is 5.21. The average Bonchev–Trinajstić information content (AvgIpc) is 2.64. The highest BCUT2D eigenvalue weighted by Crippen LogP contribution is 2.30. The third kappa shape index (κ3) is 2.03. The maximum Gasteiger partial charge on any atom is 0.242 e. The summed E-state index contributed by atoms with van der Waals surface area (Å²) in [6, 6.07) is 0.403. The lowest BCUT2D eigenvalue weighted by Crippen LogP contribution is -2.56. The van der Waals surface area contributed by atoms with Gasteiger partial charge in [-0.05, 0) is 32.6 Å². The van der Waals surface area contributed by atoms with Crippen molar-refractivity contribution in [2.75, 3.05) is 6.54 Å². The predicted octanol–water partition coefficient (Wildman–Crippen LogP) is 1.66. The van der Waals surface area contributed by atoms with Gasteiger partial charge >= 0.3 is 0 Å². The third-order valence-electron chi connectivity index (χ3n) is 3.99. The van der Waals surface area contributed by atoms with Gasteiger partial charge in [-0.1, -0.05) is 19.3 Å². The Balaban J connectivity index is 2.05. The van der Waals surface area contributed by atoms with Crippen LogP contribution >= 0.6 is 0 Å². The minimum absolute atomic E-state index is 0.215. The first kappa shape index (κ1) is 10.9. The molecule has 1 atom stereocenters. The standard InChI is InChI=1S/C12H22N2O/c1-10-6-5-9-14(10)11(15)12(13)7-3-2-4-8-12/h10H,2-9,13H2,1H3. The molecule has 1 saturated carbocycles. The summed E-state index contributed by atoms with van der Waals surface area (Å²) in [6.45, 7) is 3.05. The van der Waals surface area contributed by atoms with Crippen LogP contribution in [-0.4, -0.2) is 28.9 Å². The van der Waals surface area contributed by atoms with E-state index in [0.29, 0.717) is 6.04 Å². The van der Waals surface area contributed by atoms with E-state index in [2.05, 4.69) is 6.92 Å². The summed E-state index contributed by atoms with van der Waals surface area (Å²) < 4.78 is 0. The number of nitrogens with zero attached hydrogens (tertiary/aromatic N) is 1. The lowest BCUT2D eigenvalue weighted by atomic mass is 9.81. The number of carbonyl (C=O) groups is 1. The van der Waals surface area contributed by atoms with Crippen LogP contribution in [0, 0.1) is 0 Å². The van der Waals surface area contributed by atoms with Crippen LogP contribution in [0.2, 0.25) is 0 Å². The smallest absolute Gasteiger partial charge is 0.242 e. The van der Waals surface area contributed by atoms with E-state index in [1.54, 1.807) is 0 Å². The maximum atomic E-state index is 12.3. The summed E-state index contributed by atoms with van der Waals surface area (Å²) in [5.74, 6) is 0.215. The molecule has 0 bridgehead atoms. The van der Waals surface area contributed by atoms with E-state index in [4.69, 9.17) is 5.73 Å². The fourth-order valence-electron chi connectivity index (χ4n) is 2.92. The highest BCUT2D eigenvalue weighted by atomic mass is 16.2. The zero-order chi connectivity index (χ0) is 10.9. The molecule has 0 aromatic rings. The van der Waals surface area contributed by atoms with Crippen molar-refractivity contribution >= 4 is 5.91 Å². The molecule has 2 fully saturated rings. The molecule has 0 aromatic heterocycles. The Kier molecular flexibility index (Phi) is 3.01. The largest absolute Gasteiger partial charge is 0.338 e. The first-order valence-corrected chi connectivity index (χ1v) is 6.23. The fraction of sp³-hybridized carbons (Fsp3) is 0.917. The maximum absolute atomic E-state index is 12.3. The minimum atomic E-state index is -0.531. The lowest BCUT2D eigenvalue weighted by Gasteiger charge is -2.37. The van der Waals surface area contributed by atoms with Crippen molar-refractivity contribution < 1.29 is 4.79 Å². The second kappa shape index (κ2) is 4.12. The summed E-state index contributed by atoms with van der Waals surface area (Å²) in [5, 5.41) is 0. The van der Waals surface area contributed by atoms with E-state index < -0.39 is 5.54 Å². The van der Waals surface area contributed by atoms with Crippen molar-refractivity contribution in [1.82, 2.24) is 4.90 Å². The average molecular weight is 210 g/mol. The van der Waals surface area contributed by atoms with Gasteiger partial charge in [-0.3, -0.25) is 4.79 Å². The zero-order valence-corrected chi connectivity index (χ0v) is 9.67. The molecular weight excluding hydrogens is 188 g/mol. The van der Waals surface area contributed by atoms with Crippen molar-refractivity contribution in [3.05, 3.63) is 0 Å². The molecule has 1 amide bonds. The SMILES string of the molecule is CC1CCCN1C(=O)C1(N)CCCCC1. The zero-order valence-electron chi connectivity index (χ0n) is 9.67. The van der Waals surface area contributed by atoms with Gasteiger partial charge in [0.1, 0.15) is 0 Å². The first-order chi connectivity index (χ1) is 7.13. The van der Waals surface area contributed by atoms with Gasteiger partial charge in [0.2, 0.25) is 5.91 Å². The first-order valence-electron chi connectivity index (χ1n) is 6.23. The van der Waals surface area contributed by atoms with E-state index in [0.717, 1.165) is 45.1 Å². The summed E-state index contributed by atoms with van der Waals surface area (Å²) in [7, 11) is 0. The minimum Gasteiger partial charge on any atom is -0.338 e. The van der Waals surface area contributed by atoms with Crippen LogP contribution in [0.15, 0.2) is 0 Å². The summed E-state index contributed by atoms with van der Waals surface area (Å²) in [5.41, 5.74) is 5.72. The number of carbonyl (C=O) groups excluding carboxylic acids is 1. The quantitative estimate of drug-likeness (QED) is 0.715. The molecule has 1 unspecified atom stereocenters. The molecule has 2 aliphatic rings. The molecule has 3 heteroatoms. The normalized spacial score (nSPS) is 30.5. The van der Waals surface area contributed by atoms with Crippen LogP contribution in [-0.2, 0) is 4.79 Å². The van der Waals surface area contributed by atoms with Crippen LogP contribution in [0.5, 0.6) is 0 Å². The molecular formula is C12H22N2O. The van der Waals surface area contributed by atoms with Crippen LogP contribution < -0.4 is 5.73 Å². The van der Waals surface area contributed by atoms with Crippen molar-refractivity contribution in [3.63, 3.8) is 0 Å². The van der Waals surface area contributed by atoms with Crippen LogP contribution in [0.1, 0.15) is 51.9 Å². The van der Waals surface area contributed by atoms with Gasteiger partial charge in [-0.25, -0.2) is 0 Å². The van der Waals surface area contributed by atoms with Crippen molar-refractivity contribution in [1.29, 1.82) is 0 Å². The molecule has 0 radical (unpaired) electrons. The van der Waals surface area contributed by atoms with Gasteiger partial charge in [0, 0.05) is 12.6 Å². The molecule has 1 heterocycles. The molecule has 3 nitrogen and oxygen atoms in total. The summed E-state index contributed by atoms with van der Waals surface area (Å²) >= 11 is 0. The van der Waals surface area contributed by atoms with Gasteiger partial charge < -0.3 is 10.6 Å². The molecule has 0 aromatic carbocycles. The number of likely N-dealkylation sites (tertiary alicyclic amines) is 1. The van der Waals surface area contributed by atoms with Gasteiger partial charge in [0.25, 0.3) is 0 Å². The fourth-order valence-corrected chi connectivity index (χ4v) is 2.92. The molecule has 0 spiro atoms. The lowest BCUT2D eigenvalue weighted by molar-refractivity contribution is -0.138.